The molecule has 7 N–H and O–H groups in total. The van der Waals surface area contributed by atoms with Crippen molar-refractivity contribution in [1.29, 1.82) is 0 Å². The highest BCUT2D eigenvalue weighted by Gasteiger charge is 2.54. The summed E-state index contributed by atoms with van der Waals surface area (Å²) in [6.07, 6.45) is 28.9. The molecule has 1 aliphatic rings. The van der Waals surface area contributed by atoms with Gasteiger partial charge in [0.25, 0.3) is 0 Å². The Balaban J connectivity index is 2.60. The fraction of sp³-hybridized carbons (Fsp3) is 0.745. The number of hydrogen-bond acceptors (Lipinski definition) is 13. The lowest BCUT2D eigenvalue weighted by atomic mass is 9.85. The standard InChI is InChI=1S/C47H82O16P2/c1-3-5-7-9-11-13-15-17-18-19-20-21-22-24-26-28-30-32-34-36-41(49)61-39(37-59-40(48)35-33-31-29-27-25-23-16-14-12-10-8-6-4-2)38-60-65(57,58)63-47-44(52)42(50)43(51)46(45(47)53)62-64(54,55)56/h8,10-11,13-14,16-18,20-21,39,42-47,50-53H,3-7,9,12,15,19,22-38H2,1-2H3,(H,57,58)(H2,54,55,56)/b10-8-,13-11-,16-14-,18-17-,21-20-/t39-,42?,43?,44?,45?,46-,47+/m1/s1. The van der Waals surface area contributed by atoms with Crippen molar-refractivity contribution in [2.75, 3.05) is 13.2 Å². The summed E-state index contributed by atoms with van der Waals surface area (Å²) < 4.78 is 49.3. The van der Waals surface area contributed by atoms with Gasteiger partial charge in [-0.2, -0.15) is 0 Å². The molecule has 0 bridgehead atoms. The van der Waals surface area contributed by atoms with Crippen LogP contribution >= 0.6 is 15.6 Å². The van der Waals surface area contributed by atoms with Gasteiger partial charge in [-0.3, -0.25) is 23.2 Å². The Bertz CT molecular complexity index is 1490. The van der Waals surface area contributed by atoms with Crippen LogP contribution in [-0.4, -0.2) is 103 Å². The molecule has 1 rings (SSSR count). The van der Waals surface area contributed by atoms with Crippen LogP contribution in [0.4, 0.5) is 0 Å². The molecule has 0 amide bonds. The fourth-order valence-corrected chi connectivity index (χ4v) is 8.37. The molecule has 16 nitrogen and oxygen atoms in total. The van der Waals surface area contributed by atoms with E-state index in [-0.39, 0.29) is 12.8 Å². The first-order valence-corrected chi connectivity index (χ1v) is 26.9. The van der Waals surface area contributed by atoms with Gasteiger partial charge in [-0.15, -0.1) is 0 Å². The number of allylic oxidation sites excluding steroid dienone is 10. The smallest absolute Gasteiger partial charge is 0.462 e. The topological polar surface area (TPSA) is 256 Å². The lowest BCUT2D eigenvalue weighted by molar-refractivity contribution is -0.216. The van der Waals surface area contributed by atoms with Crippen molar-refractivity contribution >= 4 is 27.6 Å². The normalized spacial score (nSPS) is 22.2. The molecule has 0 heterocycles. The Hall–Kier alpha value is -2.30. The lowest BCUT2D eigenvalue weighted by Gasteiger charge is -2.43. The van der Waals surface area contributed by atoms with E-state index in [1.54, 1.807) is 0 Å². The highest BCUT2D eigenvalue weighted by molar-refractivity contribution is 7.47. The summed E-state index contributed by atoms with van der Waals surface area (Å²) in [5, 5.41) is 41.2. The molecule has 0 aliphatic heterocycles. The Morgan fingerprint density at radius 3 is 1.42 bits per heavy atom. The number of hydrogen-bond donors (Lipinski definition) is 7. The van der Waals surface area contributed by atoms with Gasteiger partial charge in [-0.25, -0.2) is 9.13 Å². The van der Waals surface area contributed by atoms with E-state index >= 15 is 0 Å². The summed E-state index contributed by atoms with van der Waals surface area (Å²) >= 11 is 0. The second kappa shape index (κ2) is 37.7. The van der Waals surface area contributed by atoms with Gasteiger partial charge in [-0.05, 0) is 77.0 Å². The van der Waals surface area contributed by atoms with Crippen molar-refractivity contribution in [2.45, 2.75) is 211 Å². The molecule has 0 spiro atoms. The fourth-order valence-electron chi connectivity index (χ4n) is 6.83. The van der Waals surface area contributed by atoms with Crippen molar-refractivity contribution in [3.8, 4) is 0 Å². The minimum atomic E-state index is -5.37. The molecular weight excluding hydrogens is 882 g/mol. The van der Waals surface area contributed by atoms with Crippen LogP contribution in [-0.2, 0) is 41.8 Å². The van der Waals surface area contributed by atoms with E-state index in [2.05, 4.69) is 79.1 Å². The predicted molar refractivity (Wildman–Crippen MR) is 250 cm³/mol. The number of phosphoric acid groups is 2. The predicted octanol–water partition coefficient (Wildman–Crippen LogP) is 9.06. The Labute approximate surface area is 388 Å². The summed E-state index contributed by atoms with van der Waals surface area (Å²) in [7, 11) is -10.7. The Morgan fingerprint density at radius 1 is 0.492 bits per heavy atom. The second-order valence-electron chi connectivity index (χ2n) is 16.5. The van der Waals surface area contributed by atoms with Crippen LogP contribution in [0.2, 0.25) is 0 Å². The van der Waals surface area contributed by atoms with E-state index < -0.39 is 83.5 Å². The molecule has 0 radical (unpaired) electrons. The van der Waals surface area contributed by atoms with Gasteiger partial charge >= 0.3 is 27.6 Å². The average Bonchev–Trinajstić information content (AvgIpc) is 3.26. The highest BCUT2D eigenvalue weighted by Crippen LogP contribution is 2.49. The largest absolute Gasteiger partial charge is 0.472 e. The molecule has 65 heavy (non-hydrogen) atoms. The summed E-state index contributed by atoms with van der Waals surface area (Å²) in [4.78, 5) is 54.3. The van der Waals surface area contributed by atoms with Crippen molar-refractivity contribution in [2.24, 2.45) is 0 Å². The molecule has 8 atom stereocenters. The molecular formula is C47H82O16P2. The maximum atomic E-state index is 13.0. The number of rotatable bonds is 39. The van der Waals surface area contributed by atoms with E-state index in [1.807, 2.05) is 0 Å². The molecule has 0 saturated heterocycles. The molecule has 0 aromatic rings. The first kappa shape index (κ1) is 60.7. The van der Waals surface area contributed by atoms with Crippen LogP contribution in [0.15, 0.2) is 60.8 Å². The third-order valence-corrected chi connectivity index (χ3v) is 12.0. The SMILES string of the molecule is CCC/C=C\C/C=C\CCCCCCCC(=O)OC[C@H](COP(=O)(O)O[C@H]1C(O)C(O)C(O)[C@@H](OP(=O)(O)O)C1O)OC(=O)CCCCCCCC/C=C\C/C=C\C/C=C\CCCCC. The first-order chi connectivity index (χ1) is 31.1. The quantitative estimate of drug-likeness (QED) is 0.0131. The Morgan fingerprint density at radius 2 is 0.923 bits per heavy atom. The number of ether oxygens (including phenoxy) is 2. The first-order valence-electron chi connectivity index (χ1n) is 23.8. The van der Waals surface area contributed by atoms with Gasteiger partial charge in [-0.1, -0.05) is 139 Å². The zero-order valence-electron chi connectivity index (χ0n) is 38.9. The third kappa shape index (κ3) is 32.2. The number of carbonyl (C=O) groups excluding carboxylic acids is 2. The van der Waals surface area contributed by atoms with Crippen LogP contribution in [0.5, 0.6) is 0 Å². The van der Waals surface area contributed by atoms with Gasteiger partial charge < -0.3 is 44.6 Å². The van der Waals surface area contributed by atoms with Crippen LogP contribution in [0, 0.1) is 0 Å². The van der Waals surface area contributed by atoms with E-state index in [1.165, 1.54) is 19.3 Å². The van der Waals surface area contributed by atoms with Gasteiger partial charge in [0, 0.05) is 12.8 Å². The van der Waals surface area contributed by atoms with Gasteiger partial charge in [0.1, 0.15) is 43.2 Å². The number of aliphatic hydroxyl groups is 4. The zero-order chi connectivity index (χ0) is 48.2. The number of aliphatic hydroxyl groups excluding tert-OH is 4. The van der Waals surface area contributed by atoms with Crippen LogP contribution in [0.1, 0.15) is 168 Å². The number of phosphoric ester groups is 2. The molecule has 0 aromatic heterocycles. The second-order valence-corrected chi connectivity index (χ2v) is 19.1. The molecule has 376 valence electrons. The minimum Gasteiger partial charge on any atom is -0.462 e. The van der Waals surface area contributed by atoms with Crippen molar-refractivity contribution in [1.82, 2.24) is 0 Å². The minimum absolute atomic E-state index is 0.0239. The van der Waals surface area contributed by atoms with Gasteiger partial charge in [0.15, 0.2) is 6.10 Å². The maximum Gasteiger partial charge on any atom is 0.472 e. The highest BCUT2D eigenvalue weighted by atomic mass is 31.2. The molecule has 18 heteroatoms. The van der Waals surface area contributed by atoms with E-state index in [0.29, 0.717) is 12.8 Å². The summed E-state index contributed by atoms with van der Waals surface area (Å²) in [5.74, 6) is -1.24. The van der Waals surface area contributed by atoms with E-state index in [9.17, 15) is 53.8 Å². The maximum absolute atomic E-state index is 13.0. The van der Waals surface area contributed by atoms with Crippen LogP contribution < -0.4 is 0 Å². The lowest BCUT2D eigenvalue weighted by Crippen LogP contribution is -2.64. The van der Waals surface area contributed by atoms with Crippen molar-refractivity contribution in [3.63, 3.8) is 0 Å². The number of esters is 2. The van der Waals surface area contributed by atoms with E-state index in [0.717, 1.165) is 109 Å². The zero-order valence-corrected chi connectivity index (χ0v) is 40.7. The van der Waals surface area contributed by atoms with Gasteiger partial charge in [0.05, 0.1) is 6.61 Å². The van der Waals surface area contributed by atoms with Crippen LogP contribution in [0.25, 0.3) is 0 Å². The molecule has 5 unspecified atom stereocenters. The Kier molecular flexibility index (Phi) is 35.2. The van der Waals surface area contributed by atoms with Gasteiger partial charge in [0.2, 0.25) is 0 Å². The number of unbranched alkanes of at least 4 members (excludes halogenated alkanes) is 15. The van der Waals surface area contributed by atoms with E-state index in [4.69, 9.17) is 18.5 Å². The number of carbonyl (C=O) groups is 2. The van der Waals surface area contributed by atoms with Crippen molar-refractivity contribution < 1.29 is 76.9 Å². The monoisotopic (exact) mass is 965 g/mol. The molecule has 1 fully saturated rings. The van der Waals surface area contributed by atoms with Crippen molar-refractivity contribution in [3.05, 3.63) is 60.8 Å². The summed E-state index contributed by atoms with van der Waals surface area (Å²) in [5.41, 5.74) is 0. The third-order valence-electron chi connectivity index (χ3n) is 10.5. The van der Waals surface area contributed by atoms with Crippen LogP contribution in [0.3, 0.4) is 0 Å². The molecule has 0 aromatic carbocycles. The molecule has 1 saturated carbocycles. The average molecular weight is 965 g/mol. The molecule has 1 aliphatic carbocycles. The summed E-state index contributed by atoms with van der Waals surface area (Å²) in [6, 6.07) is 0. The summed E-state index contributed by atoms with van der Waals surface area (Å²) in [6.45, 7) is 2.99.